The number of piperazine rings is 1. The van der Waals surface area contributed by atoms with Crippen molar-refractivity contribution >= 4 is 28.8 Å². The molecule has 1 fully saturated rings. The Balaban J connectivity index is 1.40. The second kappa shape index (κ2) is 7.24. The van der Waals surface area contributed by atoms with Gasteiger partial charge in [-0.25, -0.2) is 4.98 Å². The zero-order valence-electron chi connectivity index (χ0n) is 15.7. The lowest BCUT2D eigenvalue weighted by molar-refractivity contribution is -0.130. The fourth-order valence-corrected chi connectivity index (χ4v) is 3.81. The number of fused-ring (bicyclic) bond motifs is 1. The predicted octanol–water partition coefficient (Wildman–Crippen LogP) is 3.50. The van der Waals surface area contributed by atoms with Crippen molar-refractivity contribution in [2.45, 2.75) is 20.3 Å². The minimum atomic E-state index is 0.130. The van der Waals surface area contributed by atoms with Crippen molar-refractivity contribution in [1.29, 1.82) is 0 Å². The molecule has 27 heavy (non-hydrogen) atoms. The summed E-state index contributed by atoms with van der Waals surface area (Å²) >= 11 is 6.01. The van der Waals surface area contributed by atoms with Crippen molar-refractivity contribution in [3.8, 4) is 0 Å². The maximum atomic E-state index is 12.7. The molecule has 3 aromatic rings. The molecule has 3 heterocycles. The van der Waals surface area contributed by atoms with Crippen molar-refractivity contribution < 1.29 is 4.79 Å². The van der Waals surface area contributed by atoms with E-state index in [2.05, 4.69) is 41.9 Å². The molecular weight excluding hydrogens is 360 g/mol. The number of amides is 1. The lowest BCUT2D eigenvalue weighted by Crippen LogP contribution is -2.49. The van der Waals surface area contributed by atoms with Crippen LogP contribution in [0.4, 0.5) is 5.69 Å². The van der Waals surface area contributed by atoms with E-state index in [1.807, 2.05) is 27.6 Å². The van der Waals surface area contributed by atoms with E-state index in [0.717, 1.165) is 37.5 Å². The van der Waals surface area contributed by atoms with Crippen molar-refractivity contribution in [1.82, 2.24) is 14.3 Å². The van der Waals surface area contributed by atoms with E-state index >= 15 is 0 Å². The highest BCUT2D eigenvalue weighted by molar-refractivity contribution is 6.30. The maximum absolute atomic E-state index is 12.7. The van der Waals surface area contributed by atoms with Gasteiger partial charge in [-0.15, -0.1) is 0 Å². The molecule has 1 amide bonds. The molecule has 1 aliphatic rings. The van der Waals surface area contributed by atoms with Crippen LogP contribution in [-0.4, -0.2) is 46.4 Å². The highest BCUT2D eigenvalue weighted by Crippen LogP contribution is 2.24. The number of carbonyl (C=O) groups excluding carboxylic acids is 1. The summed E-state index contributed by atoms with van der Waals surface area (Å²) < 4.78 is 1.86. The third-order valence-corrected chi connectivity index (χ3v) is 5.57. The van der Waals surface area contributed by atoms with Gasteiger partial charge in [0.15, 0.2) is 0 Å². The molecule has 2 aromatic heterocycles. The molecule has 0 aliphatic carbocycles. The first kappa shape index (κ1) is 17.9. The quantitative estimate of drug-likeness (QED) is 0.696. The summed E-state index contributed by atoms with van der Waals surface area (Å²) in [5, 5.41) is 0.653. The molecule has 4 rings (SSSR count). The molecule has 0 bridgehead atoms. The highest BCUT2D eigenvalue weighted by atomic mass is 35.5. The highest BCUT2D eigenvalue weighted by Gasteiger charge is 2.23. The van der Waals surface area contributed by atoms with Crippen LogP contribution >= 0.6 is 11.6 Å². The molecular formula is C21H23ClN4O. The van der Waals surface area contributed by atoms with Gasteiger partial charge in [0, 0.05) is 44.3 Å². The first-order valence-electron chi connectivity index (χ1n) is 9.23. The monoisotopic (exact) mass is 382 g/mol. The van der Waals surface area contributed by atoms with Gasteiger partial charge in [0.1, 0.15) is 5.65 Å². The Hall–Kier alpha value is -2.53. The molecule has 5 nitrogen and oxygen atoms in total. The van der Waals surface area contributed by atoms with E-state index in [-0.39, 0.29) is 5.91 Å². The number of halogens is 1. The summed E-state index contributed by atoms with van der Waals surface area (Å²) in [6, 6.07) is 10.1. The molecule has 0 saturated carbocycles. The van der Waals surface area contributed by atoms with Crippen molar-refractivity contribution in [3.05, 3.63) is 64.6 Å². The van der Waals surface area contributed by atoms with Gasteiger partial charge in [0.2, 0.25) is 5.91 Å². The number of aromatic nitrogens is 2. The van der Waals surface area contributed by atoms with Crippen LogP contribution in [0.1, 0.15) is 16.8 Å². The number of aryl methyl sites for hydroxylation is 1. The predicted molar refractivity (Wildman–Crippen MR) is 109 cm³/mol. The van der Waals surface area contributed by atoms with Gasteiger partial charge in [-0.05, 0) is 43.2 Å². The summed E-state index contributed by atoms with van der Waals surface area (Å²) in [6.45, 7) is 7.50. The first-order chi connectivity index (χ1) is 13.0. The summed E-state index contributed by atoms with van der Waals surface area (Å²) in [5.41, 5.74) is 5.49. The number of carbonyl (C=O) groups is 1. The molecule has 140 valence electrons. The molecule has 0 spiro atoms. The fourth-order valence-electron chi connectivity index (χ4n) is 3.64. The van der Waals surface area contributed by atoms with E-state index in [4.69, 9.17) is 11.6 Å². The normalized spacial score (nSPS) is 14.8. The number of imidazole rings is 1. The topological polar surface area (TPSA) is 40.9 Å². The van der Waals surface area contributed by atoms with Gasteiger partial charge < -0.3 is 14.2 Å². The number of hydrogen-bond acceptors (Lipinski definition) is 3. The number of rotatable bonds is 3. The van der Waals surface area contributed by atoms with Crippen LogP contribution in [-0.2, 0) is 11.2 Å². The van der Waals surface area contributed by atoms with Crippen LogP contribution in [0, 0.1) is 13.8 Å². The third kappa shape index (κ3) is 3.65. The minimum Gasteiger partial charge on any atom is -0.368 e. The van der Waals surface area contributed by atoms with Gasteiger partial charge in [0.05, 0.1) is 17.1 Å². The third-order valence-electron chi connectivity index (χ3n) is 5.35. The smallest absolute Gasteiger partial charge is 0.228 e. The van der Waals surface area contributed by atoms with Gasteiger partial charge in [-0.3, -0.25) is 4.79 Å². The van der Waals surface area contributed by atoms with Crippen LogP contribution in [0.5, 0.6) is 0 Å². The van der Waals surface area contributed by atoms with Crippen molar-refractivity contribution in [2.24, 2.45) is 0 Å². The Morgan fingerprint density at radius 1 is 1.07 bits per heavy atom. The summed E-state index contributed by atoms with van der Waals surface area (Å²) in [7, 11) is 0. The molecule has 0 atom stereocenters. The van der Waals surface area contributed by atoms with E-state index in [1.165, 1.54) is 16.8 Å². The Kier molecular flexibility index (Phi) is 4.79. The molecule has 1 saturated heterocycles. The SMILES string of the molecule is Cc1cccc(N2CCN(C(=O)Cc3cn4cc(Cl)ccc4n3)CC2)c1C. The second-order valence-electron chi connectivity index (χ2n) is 7.11. The largest absolute Gasteiger partial charge is 0.368 e. The van der Waals surface area contributed by atoms with Crippen LogP contribution < -0.4 is 4.90 Å². The Morgan fingerprint density at radius 2 is 1.85 bits per heavy atom. The standard InChI is InChI=1S/C21H23ClN4O/c1-15-4-3-5-19(16(15)2)24-8-10-25(11-9-24)21(27)12-18-14-26-13-17(22)6-7-20(26)23-18/h3-7,13-14H,8-12H2,1-2H3. The average Bonchev–Trinajstić information content (AvgIpc) is 3.05. The van der Waals surface area contributed by atoms with Crippen molar-refractivity contribution in [3.63, 3.8) is 0 Å². The van der Waals surface area contributed by atoms with Gasteiger partial charge in [-0.1, -0.05) is 23.7 Å². The van der Waals surface area contributed by atoms with Crippen LogP contribution in [0.15, 0.2) is 42.7 Å². The number of anilines is 1. The average molecular weight is 383 g/mol. The lowest BCUT2D eigenvalue weighted by atomic mass is 10.1. The summed E-state index contributed by atoms with van der Waals surface area (Å²) in [5.74, 6) is 0.130. The zero-order chi connectivity index (χ0) is 19.0. The summed E-state index contributed by atoms with van der Waals surface area (Å²) in [4.78, 5) is 21.5. The number of hydrogen-bond donors (Lipinski definition) is 0. The number of pyridine rings is 1. The van der Waals surface area contributed by atoms with Gasteiger partial charge >= 0.3 is 0 Å². The number of nitrogens with zero attached hydrogens (tertiary/aromatic N) is 4. The summed E-state index contributed by atoms with van der Waals surface area (Å²) in [6.07, 6.45) is 4.01. The molecule has 1 aromatic carbocycles. The van der Waals surface area contributed by atoms with Crippen molar-refractivity contribution in [2.75, 3.05) is 31.1 Å². The van der Waals surface area contributed by atoms with Crippen LogP contribution in [0.2, 0.25) is 5.02 Å². The Bertz CT molecular complexity index is 989. The maximum Gasteiger partial charge on any atom is 0.228 e. The lowest BCUT2D eigenvalue weighted by Gasteiger charge is -2.37. The second-order valence-corrected chi connectivity index (χ2v) is 7.55. The van der Waals surface area contributed by atoms with E-state index in [0.29, 0.717) is 11.4 Å². The van der Waals surface area contributed by atoms with Crippen LogP contribution in [0.3, 0.4) is 0 Å². The molecule has 0 N–H and O–H groups in total. The van der Waals surface area contributed by atoms with E-state index in [1.54, 1.807) is 6.20 Å². The molecule has 1 aliphatic heterocycles. The van der Waals surface area contributed by atoms with Gasteiger partial charge in [0.25, 0.3) is 0 Å². The van der Waals surface area contributed by atoms with Crippen LogP contribution in [0.25, 0.3) is 5.65 Å². The van der Waals surface area contributed by atoms with E-state index < -0.39 is 0 Å². The molecule has 0 unspecified atom stereocenters. The minimum absolute atomic E-state index is 0.130. The molecule has 6 heteroatoms. The Labute approximate surface area is 164 Å². The molecule has 0 radical (unpaired) electrons. The van der Waals surface area contributed by atoms with Gasteiger partial charge in [-0.2, -0.15) is 0 Å². The fraction of sp³-hybridized carbons (Fsp3) is 0.333. The zero-order valence-corrected chi connectivity index (χ0v) is 16.4. The first-order valence-corrected chi connectivity index (χ1v) is 9.61. The number of benzene rings is 1. The van der Waals surface area contributed by atoms with E-state index in [9.17, 15) is 4.79 Å². The Morgan fingerprint density at radius 3 is 2.63 bits per heavy atom.